The maximum absolute atomic E-state index is 12.9. The molecule has 0 aliphatic carbocycles. The monoisotopic (exact) mass is 558 g/mol. The lowest BCUT2D eigenvalue weighted by Gasteiger charge is -2.26. The Morgan fingerprint density at radius 2 is 1.89 bits per heavy atom. The van der Waals surface area contributed by atoms with Gasteiger partial charge in [-0.25, -0.2) is 9.97 Å². The molecule has 0 spiro atoms. The van der Waals surface area contributed by atoms with Crippen LogP contribution in [-0.2, 0) is 0 Å². The predicted octanol–water partition coefficient (Wildman–Crippen LogP) is 3.54. The molecule has 0 unspecified atom stereocenters. The van der Waals surface area contributed by atoms with Crippen molar-refractivity contribution in [1.82, 2.24) is 30.2 Å². The van der Waals surface area contributed by atoms with E-state index in [1.54, 1.807) is 18.2 Å². The molecule has 5 N–H and O–H groups in total. The number of halogens is 2. The molecule has 4 aromatic rings. The third-order valence-corrected chi connectivity index (χ3v) is 6.30. The van der Waals surface area contributed by atoms with Crippen LogP contribution in [0.15, 0.2) is 48.8 Å². The minimum atomic E-state index is -0.582. The maximum Gasteiger partial charge on any atom is 0.279 e. The summed E-state index contributed by atoms with van der Waals surface area (Å²) in [6, 6.07) is 12.4. The zero-order chi connectivity index (χ0) is 25.6. The molecule has 2 aromatic carbocycles. The van der Waals surface area contributed by atoms with Crippen molar-refractivity contribution < 1.29 is 14.3 Å². The van der Waals surface area contributed by atoms with Gasteiger partial charge in [-0.05, 0) is 30.7 Å². The van der Waals surface area contributed by atoms with Crippen LogP contribution in [0.5, 0.6) is 5.75 Å². The van der Waals surface area contributed by atoms with E-state index in [2.05, 4.69) is 40.8 Å². The number of rotatable bonds is 9. The Balaban J connectivity index is 0.00000336. The second-order valence-corrected chi connectivity index (χ2v) is 8.98. The summed E-state index contributed by atoms with van der Waals surface area (Å²) in [5, 5.41) is 9.02. The van der Waals surface area contributed by atoms with Gasteiger partial charge in [0.15, 0.2) is 5.69 Å². The number of piperazine rings is 1. The van der Waals surface area contributed by atoms with Gasteiger partial charge in [-0.15, -0.1) is 12.4 Å². The number of nitrogens with zero attached hydrogens (tertiary/aromatic N) is 3. The summed E-state index contributed by atoms with van der Waals surface area (Å²) in [5.41, 5.74) is 1.80. The first-order chi connectivity index (χ1) is 18.1. The summed E-state index contributed by atoms with van der Waals surface area (Å²) in [4.78, 5) is 42.2. The first-order valence-corrected chi connectivity index (χ1v) is 12.4. The standard InChI is InChI=1S/C25H27ClN8O3.ClH/c26-17-14-16(37-13-3-10-34-11-8-27-9-12-34)6-7-18(17)30-23(35)21-22(29-15-28-21)24(36)33-25-31-19-4-1-2-5-20(19)32-25;/h1-2,4-7,14-15,27H,3,8-13H2,(H,28,29)(H,30,35)(H2,31,32,33,36);1H. The summed E-state index contributed by atoms with van der Waals surface area (Å²) >= 11 is 6.39. The number of hydrogen-bond donors (Lipinski definition) is 5. The van der Waals surface area contributed by atoms with Crippen molar-refractivity contribution in [3.05, 3.63) is 65.2 Å². The maximum atomic E-state index is 12.9. The van der Waals surface area contributed by atoms with Crippen molar-refractivity contribution in [1.29, 1.82) is 0 Å². The van der Waals surface area contributed by atoms with Gasteiger partial charge in [-0.3, -0.25) is 14.9 Å². The Hall–Kier alpha value is -3.64. The average molecular weight is 559 g/mol. The van der Waals surface area contributed by atoms with Crippen molar-refractivity contribution in [3.63, 3.8) is 0 Å². The number of amides is 2. The molecule has 3 heterocycles. The van der Waals surface area contributed by atoms with E-state index in [0.717, 1.165) is 44.7 Å². The van der Waals surface area contributed by atoms with Crippen molar-refractivity contribution in [2.24, 2.45) is 0 Å². The van der Waals surface area contributed by atoms with Crippen LogP contribution < -0.4 is 20.7 Å². The van der Waals surface area contributed by atoms with Gasteiger partial charge in [0.2, 0.25) is 5.95 Å². The van der Waals surface area contributed by atoms with Crippen LogP contribution in [0, 0.1) is 0 Å². The predicted molar refractivity (Wildman–Crippen MR) is 149 cm³/mol. The van der Waals surface area contributed by atoms with Gasteiger partial charge in [0.05, 0.1) is 34.7 Å². The Morgan fingerprint density at radius 3 is 2.68 bits per heavy atom. The van der Waals surface area contributed by atoms with E-state index in [9.17, 15) is 9.59 Å². The van der Waals surface area contributed by atoms with Crippen LogP contribution >= 0.6 is 24.0 Å². The summed E-state index contributed by atoms with van der Waals surface area (Å²) in [6.07, 6.45) is 2.19. The minimum absolute atomic E-state index is 0. The molecular formula is C25H28Cl2N8O3. The number of para-hydroxylation sites is 2. The van der Waals surface area contributed by atoms with Crippen LogP contribution in [-0.4, -0.2) is 76.0 Å². The molecule has 0 atom stereocenters. The molecule has 200 valence electrons. The first kappa shape index (κ1) is 27.4. The number of imidazole rings is 2. The van der Waals surface area contributed by atoms with Gasteiger partial charge in [0.1, 0.15) is 11.4 Å². The Labute approximate surface area is 230 Å². The molecule has 13 heteroatoms. The molecule has 1 fully saturated rings. The van der Waals surface area contributed by atoms with Gasteiger partial charge in [-0.2, -0.15) is 0 Å². The van der Waals surface area contributed by atoms with E-state index in [1.165, 1.54) is 6.33 Å². The van der Waals surface area contributed by atoms with E-state index in [1.807, 2.05) is 24.3 Å². The highest BCUT2D eigenvalue weighted by molar-refractivity contribution is 6.34. The van der Waals surface area contributed by atoms with Gasteiger partial charge in [0.25, 0.3) is 11.8 Å². The molecule has 1 aliphatic rings. The van der Waals surface area contributed by atoms with Crippen molar-refractivity contribution >= 4 is 58.5 Å². The van der Waals surface area contributed by atoms with E-state index < -0.39 is 11.8 Å². The number of ether oxygens (including phenoxy) is 1. The molecule has 0 bridgehead atoms. The SMILES string of the molecule is Cl.O=C(Nc1nc2ccccc2[nH]1)c1nc[nH]c1C(=O)Nc1ccc(OCCCN2CCNCC2)cc1Cl. The van der Waals surface area contributed by atoms with E-state index >= 15 is 0 Å². The van der Waals surface area contributed by atoms with Gasteiger partial charge in [0, 0.05) is 38.8 Å². The fraction of sp³-hybridized carbons (Fsp3) is 0.280. The topological polar surface area (TPSA) is 140 Å². The number of aromatic amines is 2. The van der Waals surface area contributed by atoms with Gasteiger partial charge < -0.3 is 30.2 Å². The molecule has 1 saturated heterocycles. The van der Waals surface area contributed by atoms with Crippen LogP contribution in [0.1, 0.15) is 27.4 Å². The summed E-state index contributed by atoms with van der Waals surface area (Å²) in [7, 11) is 0. The zero-order valence-electron chi connectivity index (χ0n) is 20.4. The number of anilines is 2. The number of aromatic nitrogens is 4. The molecule has 2 amide bonds. The van der Waals surface area contributed by atoms with Crippen LogP contribution in [0.25, 0.3) is 11.0 Å². The smallest absolute Gasteiger partial charge is 0.279 e. The lowest BCUT2D eigenvalue weighted by molar-refractivity contribution is 0.0985. The number of H-pyrrole nitrogens is 2. The fourth-order valence-electron chi connectivity index (χ4n) is 4.10. The second-order valence-electron chi connectivity index (χ2n) is 8.57. The molecule has 11 nitrogen and oxygen atoms in total. The number of fused-ring (bicyclic) bond motifs is 1. The van der Waals surface area contributed by atoms with Crippen LogP contribution in [0.3, 0.4) is 0 Å². The van der Waals surface area contributed by atoms with Crippen LogP contribution in [0.2, 0.25) is 5.02 Å². The lowest BCUT2D eigenvalue weighted by atomic mass is 10.2. The van der Waals surface area contributed by atoms with E-state index in [-0.39, 0.29) is 29.7 Å². The molecular weight excluding hydrogens is 531 g/mol. The quantitative estimate of drug-likeness (QED) is 0.198. The van der Waals surface area contributed by atoms with Crippen molar-refractivity contribution in [3.8, 4) is 5.75 Å². The molecule has 1 aliphatic heterocycles. The zero-order valence-corrected chi connectivity index (χ0v) is 22.0. The summed E-state index contributed by atoms with van der Waals surface area (Å²) in [6.45, 7) is 5.72. The Morgan fingerprint density at radius 1 is 1.08 bits per heavy atom. The lowest BCUT2D eigenvalue weighted by Crippen LogP contribution is -2.43. The fourth-order valence-corrected chi connectivity index (χ4v) is 4.32. The number of nitrogens with one attached hydrogen (secondary N) is 5. The highest BCUT2D eigenvalue weighted by Gasteiger charge is 2.22. The first-order valence-electron chi connectivity index (χ1n) is 12.0. The number of carbonyl (C=O) groups is 2. The van der Waals surface area contributed by atoms with Gasteiger partial charge >= 0.3 is 0 Å². The molecule has 5 rings (SSSR count). The molecule has 38 heavy (non-hydrogen) atoms. The Bertz CT molecular complexity index is 1370. The summed E-state index contributed by atoms with van der Waals surface area (Å²) < 4.78 is 5.82. The highest BCUT2D eigenvalue weighted by Crippen LogP contribution is 2.27. The normalized spacial score (nSPS) is 13.6. The van der Waals surface area contributed by atoms with Crippen molar-refractivity contribution in [2.75, 3.05) is 50.0 Å². The van der Waals surface area contributed by atoms with Crippen LogP contribution in [0.4, 0.5) is 11.6 Å². The Kier molecular flexibility index (Phi) is 9.19. The average Bonchev–Trinajstić information content (AvgIpc) is 3.56. The number of hydrogen-bond acceptors (Lipinski definition) is 7. The number of carbonyl (C=O) groups excluding carboxylic acids is 2. The minimum Gasteiger partial charge on any atom is -0.493 e. The molecule has 2 aromatic heterocycles. The highest BCUT2D eigenvalue weighted by atomic mass is 35.5. The van der Waals surface area contributed by atoms with Crippen molar-refractivity contribution in [2.45, 2.75) is 6.42 Å². The molecule has 0 saturated carbocycles. The van der Waals surface area contributed by atoms with E-state index in [4.69, 9.17) is 16.3 Å². The van der Waals surface area contributed by atoms with E-state index in [0.29, 0.717) is 28.6 Å². The third-order valence-electron chi connectivity index (χ3n) is 5.99. The van der Waals surface area contributed by atoms with Gasteiger partial charge in [-0.1, -0.05) is 23.7 Å². The second kappa shape index (κ2) is 12.7. The molecule has 0 radical (unpaired) electrons. The number of benzene rings is 2. The summed E-state index contributed by atoms with van der Waals surface area (Å²) in [5.74, 6) is -0.261. The third kappa shape index (κ3) is 6.62. The largest absolute Gasteiger partial charge is 0.493 e.